The summed E-state index contributed by atoms with van der Waals surface area (Å²) in [6.45, 7) is 3.81. The van der Waals surface area contributed by atoms with Crippen molar-refractivity contribution in [3.05, 3.63) is 17.7 Å². The largest absolute Gasteiger partial charge is 0.493 e. The Hall–Kier alpha value is -1.66. The molecule has 0 aliphatic carbocycles. The van der Waals surface area contributed by atoms with E-state index in [2.05, 4.69) is 4.90 Å². The van der Waals surface area contributed by atoms with Gasteiger partial charge in [0.25, 0.3) is 0 Å². The lowest BCUT2D eigenvalue weighted by Crippen LogP contribution is -2.48. The molecule has 0 bridgehead atoms. The molecule has 1 heterocycles. The van der Waals surface area contributed by atoms with Crippen molar-refractivity contribution in [3.63, 3.8) is 0 Å². The summed E-state index contributed by atoms with van der Waals surface area (Å²) in [6, 6.07) is 3.91. The highest BCUT2D eigenvalue weighted by molar-refractivity contribution is 6.27. The lowest BCUT2D eigenvalue weighted by Gasteiger charge is -2.34. The molecular weight excluding hydrogens is 320 g/mol. The van der Waals surface area contributed by atoms with E-state index in [9.17, 15) is 4.79 Å². The van der Waals surface area contributed by atoms with Gasteiger partial charge < -0.3 is 19.1 Å². The van der Waals surface area contributed by atoms with Crippen LogP contribution < -0.4 is 14.2 Å². The van der Waals surface area contributed by atoms with E-state index in [0.29, 0.717) is 30.3 Å². The third-order valence-corrected chi connectivity index (χ3v) is 4.20. The van der Waals surface area contributed by atoms with Gasteiger partial charge in [-0.3, -0.25) is 9.69 Å². The third-order valence-electron chi connectivity index (χ3n) is 3.97. The van der Waals surface area contributed by atoms with Gasteiger partial charge in [0.1, 0.15) is 5.88 Å². The number of piperazine rings is 1. The van der Waals surface area contributed by atoms with Crippen LogP contribution in [0.4, 0.5) is 0 Å². The van der Waals surface area contributed by atoms with E-state index in [-0.39, 0.29) is 11.8 Å². The second-order valence-electron chi connectivity index (χ2n) is 5.32. The van der Waals surface area contributed by atoms with E-state index in [1.807, 2.05) is 12.1 Å². The van der Waals surface area contributed by atoms with Gasteiger partial charge in [-0.05, 0) is 17.7 Å². The first-order valence-corrected chi connectivity index (χ1v) is 8.01. The van der Waals surface area contributed by atoms with E-state index >= 15 is 0 Å². The van der Waals surface area contributed by atoms with Gasteiger partial charge in [0, 0.05) is 32.7 Å². The van der Waals surface area contributed by atoms with Crippen LogP contribution in [-0.2, 0) is 11.3 Å². The van der Waals surface area contributed by atoms with Crippen LogP contribution >= 0.6 is 11.6 Å². The molecule has 0 spiro atoms. The number of methoxy groups -OCH3 is 3. The Kier molecular flexibility index (Phi) is 6.36. The van der Waals surface area contributed by atoms with Crippen LogP contribution in [0.5, 0.6) is 17.2 Å². The predicted molar refractivity (Wildman–Crippen MR) is 88.7 cm³/mol. The molecule has 0 atom stereocenters. The van der Waals surface area contributed by atoms with E-state index in [1.54, 1.807) is 26.2 Å². The highest BCUT2D eigenvalue weighted by atomic mass is 35.5. The minimum atomic E-state index is -0.000831. The number of nitrogens with zero attached hydrogens (tertiary/aromatic N) is 2. The van der Waals surface area contributed by atoms with Crippen LogP contribution in [0.1, 0.15) is 5.56 Å². The summed E-state index contributed by atoms with van der Waals surface area (Å²) in [5.41, 5.74) is 1.08. The molecule has 0 aromatic heterocycles. The fraction of sp³-hybridized carbons (Fsp3) is 0.562. The third kappa shape index (κ3) is 4.20. The van der Waals surface area contributed by atoms with Crippen molar-refractivity contribution >= 4 is 17.5 Å². The number of hydrogen-bond acceptors (Lipinski definition) is 5. The first-order valence-electron chi connectivity index (χ1n) is 7.48. The van der Waals surface area contributed by atoms with Crippen molar-refractivity contribution in [1.82, 2.24) is 9.80 Å². The molecule has 0 radical (unpaired) electrons. The average molecular weight is 343 g/mol. The van der Waals surface area contributed by atoms with Crippen molar-refractivity contribution < 1.29 is 19.0 Å². The van der Waals surface area contributed by atoms with Gasteiger partial charge in [0.15, 0.2) is 11.5 Å². The van der Waals surface area contributed by atoms with Gasteiger partial charge in [-0.15, -0.1) is 11.6 Å². The van der Waals surface area contributed by atoms with E-state index in [1.165, 1.54) is 0 Å². The number of halogens is 1. The molecule has 6 nitrogen and oxygen atoms in total. The number of carbonyl (C=O) groups is 1. The number of amides is 1. The monoisotopic (exact) mass is 342 g/mol. The first kappa shape index (κ1) is 17.7. The second kappa shape index (κ2) is 8.26. The molecular formula is C16H23ClN2O4. The highest BCUT2D eigenvalue weighted by Crippen LogP contribution is 2.38. The Morgan fingerprint density at radius 3 is 2.04 bits per heavy atom. The standard InChI is InChI=1S/C16H23ClN2O4/c1-21-13-8-12(9-14(22-2)16(13)23-3)11-18-4-6-19(7-5-18)15(20)10-17/h8-9H,4-7,10-11H2,1-3H3. The average Bonchev–Trinajstić information content (AvgIpc) is 2.60. The maximum absolute atomic E-state index is 11.6. The Morgan fingerprint density at radius 1 is 1.04 bits per heavy atom. The summed E-state index contributed by atoms with van der Waals surface area (Å²) in [4.78, 5) is 15.7. The lowest BCUT2D eigenvalue weighted by molar-refractivity contribution is -0.130. The van der Waals surface area contributed by atoms with Gasteiger partial charge in [-0.2, -0.15) is 0 Å². The molecule has 128 valence electrons. The van der Waals surface area contributed by atoms with Crippen molar-refractivity contribution in [3.8, 4) is 17.2 Å². The SMILES string of the molecule is COc1cc(CN2CCN(C(=O)CCl)CC2)cc(OC)c1OC. The zero-order valence-corrected chi connectivity index (χ0v) is 14.6. The molecule has 23 heavy (non-hydrogen) atoms. The first-order chi connectivity index (χ1) is 11.1. The van der Waals surface area contributed by atoms with Gasteiger partial charge in [0.05, 0.1) is 21.3 Å². The van der Waals surface area contributed by atoms with Crippen LogP contribution in [0.15, 0.2) is 12.1 Å². The number of ether oxygens (including phenoxy) is 3. The molecule has 1 aromatic rings. The van der Waals surface area contributed by atoms with Crippen LogP contribution in [-0.4, -0.2) is 69.1 Å². The Bertz CT molecular complexity index is 520. The topological polar surface area (TPSA) is 51.2 Å². The van der Waals surface area contributed by atoms with E-state index < -0.39 is 0 Å². The minimum Gasteiger partial charge on any atom is -0.493 e. The maximum atomic E-state index is 11.6. The summed E-state index contributed by atoms with van der Waals surface area (Å²) >= 11 is 5.60. The second-order valence-corrected chi connectivity index (χ2v) is 5.59. The van der Waals surface area contributed by atoms with Crippen molar-refractivity contribution in [2.24, 2.45) is 0 Å². The van der Waals surface area contributed by atoms with Crippen LogP contribution in [0, 0.1) is 0 Å². The van der Waals surface area contributed by atoms with Crippen molar-refractivity contribution in [1.29, 1.82) is 0 Å². The van der Waals surface area contributed by atoms with Gasteiger partial charge in [-0.25, -0.2) is 0 Å². The van der Waals surface area contributed by atoms with Crippen LogP contribution in [0.2, 0.25) is 0 Å². The Labute approximate surface area is 141 Å². The fourth-order valence-electron chi connectivity index (χ4n) is 2.72. The minimum absolute atomic E-state index is 0.000831. The summed E-state index contributed by atoms with van der Waals surface area (Å²) in [5, 5.41) is 0. The number of benzene rings is 1. The van der Waals surface area contributed by atoms with Crippen molar-refractivity contribution in [2.75, 3.05) is 53.4 Å². The Morgan fingerprint density at radius 2 is 1.61 bits per heavy atom. The molecule has 0 N–H and O–H groups in total. The zero-order valence-electron chi connectivity index (χ0n) is 13.8. The summed E-state index contributed by atoms with van der Waals surface area (Å²) in [7, 11) is 4.81. The predicted octanol–water partition coefficient (Wildman–Crippen LogP) is 1.60. The van der Waals surface area contributed by atoms with Gasteiger partial charge in [0.2, 0.25) is 11.7 Å². The number of carbonyl (C=O) groups excluding carboxylic acids is 1. The van der Waals surface area contributed by atoms with Crippen molar-refractivity contribution in [2.45, 2.75) is 6.54 Å². The summed E-state index contributed by atoms with van der Waals surface area (Å²) in [6.07, 6.45) is 0. The molecule has 1 saturated heterocycles. The van der Waals surface area contributed by atoms with Gasteiger partial charge >= 0.3 is 0 Å². The smallest absolute Gasteiger partial charge is 0.237 e. The van der Waals surface area contributed by atoms with E-state index in [4.69, 9.17) is 25.8 Å². The lowest BCUT2D eigenvalue weighted by atomic mass is 10.1. The molecule has 1 aliphatic rings. The number of alkyl halides is 1. The molecule has 1 fully saturated rings. The number of rotatable bonds is 6. The normalized spacial score (nSPS) is 15.4. The molecule has 2 rings (SSSR count). The zero-order chi connectivity index (χ0) is 16.8. The summed E-state index contributed by atoms with van der Waals surface area (Å²) in [5.74, 6) is 1.94. The van der Waals surface area contributed by atoms with Crippen LogP contribution in [0.3, 0.4) is 0 Å². The quantitative estimate of drug-likeness (QED) is 0.735. The molecule has 0 saturated carbocycles. The van der Waals surface area contributed by atoms with Crippen LogP contribution in [0.25, 0.3) is 0 Å². The molecule has 0 unspecified atom stereocenters. The number of hydrogen-bond donors (Lipinski definition) is 0. The fourth-order valence-corrected chi connectivity index (χ4v) is 2.89. The molecule has 1 aromatic carbocycles. The molecule has 1 amide bonds. The molecule has 1 aliphatic heterocycles. The van der Waals surface area contributed by atoms with Gasteiger partial charge in [-0.1, -0.05) is 0 Å². The highest BCUT2D eigenvalue weighted by Gasteiger charge is 2.21. The summed E-state index contributed by atoms with van der Waals surface area (Å²) < 4.78 is 16.1. The maximum Gasteiger partial charge on any atom is 0.237 e. The molecule has 7 heteroatoms. The Balaban J connectivity index is 2.05. The van der Waals surface area contributed by atoms with E-state index in [0.717, 1.165) is 25.2 Å².